The topological polar surface area (TPSA) is 82.4 Å². The fraction of sp³-hybridized carbons (Fsp3) is 0.529. The molecule has 2 aromatic heterocycles. The van der Waals surface area contributed by atoms with Crippen molar-refractivity contribution < 1.29 is 14.3 Å². The number of aromatic nitrogens is 4. The molecule has 0 bridgehead atoms. The first kappa shape index (κ1) is 17.3. The molecule has 0 aliphatic carbocycles. The van der Waals surface area contributed by atoms with Crippen LogP contribution in [0, 0.1) is 0 Å². The molecule has 25 heavy (non-hydrogen) atoms. The summed E-state index contributed by atoms with van der Waals surface area (Å²) in [5.74, 6) is 0.987. The lowest BCUT2D eigenvalue weighted by atomic mass is 10.1. The Balaban J connectivity index is 1.87. The van der Waals surface area contributed by atoms with Gasteiger partial charge in [-0.1, -0.05) is 13.8 Å². The van der Waals surface area contributed by atoms with Crippen LogP contribution in [0.5, 0.6) is 5.88 Å². The van der Waals surface area contributed by atoms with Crippen molar-refractivity contribution in [3.63, 3.8) is 0 Å². The number of carbonyl (C=O) groups excluding carboxylic acids is 1. The van der Waals surface area contributed by atoms with Gasteiger partial charge in [0.2, 0.25) is 5.88 Å². The molecule has 134 valence electrons. The molecule has 0 radical (unpaired) electrons. The summed E-state index contributed by atoms with van der Waals surface area (Å²) in [5.41, 5.74) is 1.43. The summed E-state index contributed by atoms with van der Waals surface area (Å²) < 4.78 is 12.3. The van der Waals surface area contributed by atoms with Gasteiger partial charge in [-0.2, -0.15) is 5.10 Å². The number of rotatable bonds is 5. The predicted molar refractivity (Wildman–Crippen MR) is 91.0 cm³/mol. The second-order valence-electron chi connectivity index (χ2n) is 5.86. The highest BCUT2D eigenvalue weighted by atomic mass is 16.5. The lowest BCUT2D eigenvalue weighted by Gasteiger charge is -2.32. The number of ether oxygens (including phenoxy) is 2. The summed E-state index contributed by atoms with van der Waals surface area (Å²) in [5, 5.41) is 12.5. The summed E-state index contributed by atoms with van der Waals surface area (Å²) in [4.78, 5) is 14.8. The summed E-state index contributed by atoms with van der Waals surface area (Å²) in [6, 6.07) is 3.49. The summed E-state index contributed by atoms with van der Waals surface area (Å²) in [7, 11) is 1.54. The molecule has 1 fully saturated rings. The largest absolute Gasteiger partial charge is 0.480 e. The summed E-state index contributed by atoms with van der Waals surface area (Å²) in [6.07, 6.45) is 3.27. The molecule has 0 aromatic carbocycles. The van der Waals surface area contributed by atoms with Gasteiger partial charge in [0.25, 0.3) is 5.91 Å². The van der Waals surface area contributed by atoms with Crippen molar-refractivity contribution in [2.24, 2.45) is 0 Å². The molecule has 1 amide bonds. The minimum atomic E-state index is -0.00804. The van der Waals surface area contributed by atoms with Crippen LogP contribution in [0.4, 0.5) is 0 Å². The first-order chi connectivity index (χ1) is 12.2. The van der Waals surface area contributed by atoms with Crippen LogP contribution in [-0.4, -0.2) is 63.7 Å². The van der Waals surface area contributed by atoms with Crippen LogP contribution >= 0.6 is 0 Å². The maximum atomic E-state index is 12.9. The zero-order valence-corrected chi connectivity index (χ0v) is 14.8. The van der Waals surface area contributed by atoms with Gasteiger partial charge in [-0.3, -0.25) is 4.79 Å². The van der Waals surface area contributed by atoms with E-state index >= 15 is 0 Å². The Morgan fingerprint density at radius 1 is 1.36 bits per heavy atom. The van der Waals surface area contributed by atoms with E-state index in [2.05, 4.69) is 22.2 Å². The molecule has 3 heterocycles. The maximum absolute atomic E-state index is 12.9. The average Bonchev–Trinajstić information content (AvgIpc) is 3.11. The van der Waals surface area contributed by atoms with E-state index in [0.717, 1.165) is 12.1 Å². The van der Waals surface area contributed by atoms with Gasteiger partial charge in [0.05, 0.1) is 37.3 Å². The van der Waals surface area contributed by atoms with Gasteiger partial charge in [0.1, 0.15) is 0 Å². The molecule has 2 aromatic rings. The second kappa shape index (κ2) is 7.60. The predicted octanol–water partition coefficient (Wildman–Crippen LogP) is 1.48. The van der Waals surface area contributed by atoms with E-state index in [0.29, 0.717) is 43.4 Å². The third kappa shape index (κ3) is 3.48. The SMILES string of the molecule is CCc1c(C(=O)N2CCO[C@H](CC)C2)cnn1-c1ccc(OC)nn1. The van der Waals surface area contributed by atoms with E-state index in [1.165, 1.54) is 7.11 Å². The Morgan fingerprint density at radius 3 is 2.84 bits per heavy atom. The van der Waals surface area contributed by atoms with Gasteiger partial charge in [-0.05, 0) is 18.9 Å². The Kier molecular flexibility index (Phi) is 5.28. The van der Waals surface area contributed by atoms with Crippen molar-refractivity contribution in [3.8, 4) is 11.7 Å². The number of hydrogen-bond acceptors (Lipinski definition) is 6. The standard InChI is InChI=1S/C17H23N5O3/c1-4-12-11-21(8-9-25-12)17(23)13-10-18-22(14(13)5-2)15-6-7-16(24-3)20-19-15/h6-7,10,12H,4-5,8-9,11H2,1-3H3/t12-/m1/s1. The van der Waals surface area contributed by atoms with E-state index in [1.54, 1.807) is 23.0 Å². The molecule has 0 N–H and O–H groups in total. The molecule has 8 heteroatoms. The van der Waals surface area contributed by atoms with E-state index in [1.807, 2.05) is 11.8 Å². The Morgan fingerprint density at radius 2 is 2.20 bits per heavy atom. The van der Waals surface area contributed by atoms with Crippen LogP contribution in [0.2, 0.25) is 0 Å². The van der Waals surface area contributed by atoms with E-state index in [4.69, 9.17) is 9.47 Å². The molecule has 1 aliphatic heterocycles. The lowest BCUT2D eigenvalue weighted by Crippen LogP contribution is -2.45. The lowest BCUT2D eigenvalue weighted by molar-refractivity contribution is -0.0226. The first-order valence-electron chi connectivity index (χ1n) is 8.53. The van der Waals surface area contributed by atoms with Crippen LogP contribution in [0.1, 0.15) is 36.3 Å². The third-order valence-electron chi connectivity index (χ3n) is 4.37. The van der Waals surface area contributed by atoms with E-state index in [-0.39, 0.29) is 12.0 Å². The molecular weight excluding hydrogens is 322 g/mol. The summed E-state index contributed by atoms with van der Waals surface area (Å²) >= 11 is 0. The number of amides is 1. The zero-order valence-electron chi connectivity index (χ0n) is 14.8. The smallest absolute Gasteiger partial charge is 0.257 e. The van der Waals surface area contributed by atoms with E-state index < -0.39 is 0 Å². The van der Waals surface area contributed by atoms with Crippen molar-refractivity contribution >= 4 is 5.91 Å². The summed E-state index contributed by atoms with van der Waals surface area (Å²) in [6.45, 7) is 5.85. The van der Waals surface area contributed by atoms with Crippen LogP contribution in [0.15, 0.2) is 18.3 Å². The highest BCUT2D eigenvalue weighted by molar-refractivity contribution is 5.95. The van der Waals surface area contributed by atoms with Crippen molar-refractivity contribution in [3.05, 3.63) is 29.6 Å². The zero-order chi connectivity index (χ0) is 17.8. The minimum absolute atomic E-state index is 0.00804. The molecule has 0 spiro atoms. The maximum Gasteiger partial charge on any atom is 0.257 e. The Labute approximate surface area is 146 Å². The molecular formula is C17H23N5O3. The number of methoxy groups -OCH3 is 1. The van der Waals surface area contributed by atoms with Crippen LogP contribution in [0.3, 0.4) is 0 Å². The van der Waals surface area contributed by atoms with Crippen molar-refractivity contribution in [2.75, 3.05) is 26.8 Å². The van der Waals surface area contributed by atoms with Crippen LogP contribution < -0.4 is 4.74 Å². The molecule has 0 saturated carbocycles. The minimum Gasteiger partial charge on any atom is -0.480 e. The molecule has 0 unspecified atom stereocenters. The van der Waals surface area contributed by atoms with Crippen LogP contribution in [0.25, 0.3) is 5.82 Å². The van der Waals surface area contributed by atoms with Gasteiger partial charge in [-0.25, -0.2) is 4.68 Å². The van der Waals surface area contributed by atoms with Gasteiger partial charge >= 0.3 is 0 Å². The fourth-order valence-electron chi connectivity index (χ4n) is 2.95. The molecule has 8 nitrogen and oxygen atoms in total. The quantitative estimate of drug-likeness (QED) is 0.816. The van der Waals surface area contributed by atoms with E-state index in [9.17, 15) is 4.79 Å². The Hall–Kier alpha value is -2.48. The molecule has 1 saturated heterocycles. The monoisotopic (exact) mass is 345 g/mol. The second-order valence-corrected chi connectivity index (χ2v) is 5.86. The molecule has 1 aliphatic rings. The first-order valence-corrected chi connectivity index (χ1v) is 8.53. The van der Waals surface area contributed by atoms with Crippen LogP contribution in [-0.2, 0) is 11.2 Å². The van der Waals surface area contributed by atoms with Gasteiger partial charge in [-0.15, -0.1) is 10.2 Å². The fourth-order valence-corrected chi connectivity index (χ4v) is 2.95. The highest BCUT2D eigenvalue weighted by Gasteiger charge is 2.27. The van der Waals surface area contributed by atoms with Gasteiger partial charge in [0.15, 0.2) is 5.82 Å². The number of carbonyl (C=O) groups is 1. The van der Waals surface area contributed by atoms with Crippen molar-refractivity contribution in [1.29, 1.82) is 0 Å². The highest BCUT2D eigenvalue weighted by Crippen LogP contribution is 2.19. The molecule has 1 atom stereocenters. The number of hydrogen-bond donors (Lipinski definition) is 0. The molecule has 3 rings (SSSR count). The third-order valence-corrected chi connectivity index (χ3v) is 4.37. The van der Waals surface area contributed by atoms with Gasteiger partial charge < -0.3 is 14.4 Å². The normalized spacial score (nSPS) is 17.6. The Bertz CT molecular complexity index is 728. The van der Waals surface area contributed by atoms with Crippen molar-refractivity contribution in [1.82, 2.24) is 24.9 Å². The number of nitrogens with zero attached hydrogens (tertiary/aromatic N) is 5. The number of morpholine rings is 1. The van der Waals surface area contributed by atoms with Crippen molar-refractivity contribution in [2.45, 2.75) is 32.8 Å². The average molecular weight is 345 g/mol. The van der Waals surface area contributed by atoms with Gasteiger partial charge in [0, 0.05) is 19.2 Å².